The quantitative estimate of drug-likeness (QED) is 0.650. The van der Waals surface area contributed by atoms with Crippen LogP contribution in [0.25, 0.3) is 11.3 Å². The highest BCUT2D eigenvalue weighted by atomic mass is 16.5. The van der Waals surface area contributed by atoms with E-state index in [-0.39, 0.29) is 0 Å². The molecule has 1 aliphatic rings. The number of benzene rings is 1. The SMILES string of the molecule is CCCc1cnc(-c2ccc(OCC3CCC(CC)CC3)cc2)cn1. The Hall–Kier alpha value is -1.90. The van der Waals surface area contributed by atoms with Crippen LogP contribution < -0.4 is 4.74 Å². The summed E-state index contributed by atoms with van der Waals surface area (Å²) in [6.07, 6.45) is 12.5. The van der Waals surface area contributed by atoms with Crippen molar-refractivity contribution < 1.29 is 4.74 Å². The van der Waals surface area contributed by atoms with Gasteiger partial charge in [-0.3, -0.25) is 9.97 Å². The molecule has 3 nitrogen and oxygen atoms in total. The molecule has 0 radical (unpaired) electrons. The molecule has 0 amide bonds. The molecule has 0 aliphatic heterocycles. The lowest BCUT2D eigenvalue weighted by atomic mass is 9.81. The average molecular weight is 338 g/mol. The lowest BCUT2D eigenvalue weighted by molar-refractivity contribution is 0.181. The van der Waals surface area contributed by atoms with Crippen LogP contribution in [0.2, 0.25) is 0 Å². The summed E-state index contributed by atoms with van der Waals surface area (Å²) in [5.41, 5.74) is 3.07. The van der Waals surface area contributed by atoms with Gasteiger partial charge >= 0.3 is 0 Å². The zero-order valence-electron chi connectivity index (χ0n) is 15.6. The van der Waals surface area contributed by atoms with Gasteiger partial charge in [0.05, 0.1) is 24.2 Å². The molecule has 0 bridgehead atoms. The van der Waals surface area contributed by atoms with Gasteiger partial charge in [0.15, 0.2) is 0 Å². The first kappa shape index (κ1) is 17.9. The minimum absolute atomic E-state index is 0.722. The Labute approximate surface area is 151 Å². The van der Waals surface area contributed by atoms with Crippen molar-refractivity contribution in [3.63, 3.8) is 0 Å². The molecule has 0 spiro atoms. The van der Waals surface area contributed by atoms with Crippen molar-refractivity contribution in [3.05, 3.63) is 42.4 Å². The fourth-order valence-corrected chi connectivity index (χ4v) is 3.63. The van der Waals surface area contributed by atoms with Crippen LogP contribution in [0.1, 0.15) is 58.1 Å². The minimum atomic E-state index is 0.722. The normalized spacial score (nSPS) is 20.4. The van der Waals surface area contributed by atoms with E-state index in [9.17, 15) is 0 Å². The Morgan fingerprint density at radius 1 is 0.920 bits per heavy atom. The maximum absolute atomic E-state index is 6.02. The summed E-state index contributed by atoms with van der Waals surface area (Å²) in [5, 5.41) is 0. The second-order valence-electron chi connectivity index (χ2n) is 7.27. The van der Waals surface area contributed by atoms with Crippen LogP contribution in [-0.4, -0.2) is 16.6 Å². The van der Waals surface area contributed by atoms with E-state index in [4.69, 9.17) is 4.74 Å². The molecule has 1 heterocycles. The van der Waals surface area contributed by atoms with E-state index in [0.29, 0.717) is 0 Å². The number of nitrogens with zero attached hydrogens (tertiary/aromatic N) is 2. The minimum Gasteiger partial charge on any atom is -0.493 e. The third-order valence-corrected chi connectivity index (χ3v) is 5.39. The number of aryl methyl sites for hydroxylation is 1. The molecule has 0 saturated heterocycles. The van der Waals surface area contributed by atoms with Crippen molar-refractivity contribution in [2.24, 2.45) is 11.8 Å². The van der Waals surface area contributed by atoms with Crippen LogP contribution >= 0.6 is 0 Å². The first-order valence-electron chi connectivity index (χ1n) is 9.82. The van der Waals surface area contributed by atoms with Crippen LogP contribution in [0.4, 0.5) is 0 Å². The molecular weight excluding hydrogens is 308 g/mol. The second kappa shape index (κ2) is 8.98. The zero-order chi connectivity index (χ0) is 17.5. The maximum atomic E-state index is 6.02. The van der Waals surface area contributed by atoms with Crippen molar-refractivity contribution >= 4 is 0 Å². The van der Waals surface area contributed by atoms with E-state index in [1.54, 1.807) is 0 Å². The van der Waals surface area contributed by atoms with Crippen molar-refractivity contribution in [3.8, 4) is 17.0 Å². The Morgan fingerprint density at radius 2 is 1.64 bits per heavy atom. The van der Waals surface area contributed by atoms with Crippen molar-refractivity contribution in [1.29, 1.82) is 0 Å². The molecule has 3 heteroatoms. The van der Waals surface area contributed by atoms with Crippen LogP contribution in [0, 0.1) is 11.8 Å². The summed E-state index contributed by atoms with van der Waals surface area (Å²) in [5.74, 6) is 2.62. The first-order chi connectivity index (χ1) is 12.3. The molecule has 2 aromatic rings. The van der Waals surface area contributed by atoms with Crippen molar-refractivity contribution in [2.45, 2.75) is 58.8 Å². The number of rotatable bonds is 7. The van der Waals surface area contributed by atoms with Gasteiger partial charge in [-0.1, -0.05) is 39.5 Å². The largest absolute Gasteiger partial charge is 0.493 e. The average Bonchev–Trinajstić information content (AvgIpc) is 2.68. The fraction of sp³-hybridized carbons (Fsp3) is 0.545. The van der Waals surface area contributed by atoms with Gasteiger partial charge in [-0.05, 0) is 55.4 Å². The molecular formula is C22H30N2O. The summed E-state index contributed by atoms with van der Waals surface area (Å²) in [7, 11) is 0. The van der Waals surface area contributed by atoms with Gasteiger partial charge in [0.25, 0.3) is 0 Å². The Kier molecular flexibility index (Phi) is 6.43. The molecule has 1 fully saturated rings. The van der Waals surface area contributed by atoms with Crippen LogP contribution in [0.3, 0.4) is 0 Å². The summed E-state index contributed by atoms with van der Waals surface area (Å²) in [6, 6.07) is 8.25. The topological polar surface area (TPSA) is 35.0 Å². The Morgan fingerprint density at radius 3 is 2.24 bits per heavy atom. The van der Waals surface area contributed by atoms with E-state index >= 15 is 0 Å². The number of ether oxygens (including phenoxy) is 1. The van der Waals surface area contributed by atoms with E-state index < -0.39 is 0 Å². The van der Waals surface area contributed by atoms with Crippen LogP contribution in [0.5, 0.6) is 5.75 Å². The lowest BCUT2D eigenvalue weighted by Gasteiger charge is -2.27. The zero-order valence-corrected chi connectivity index (χ0v) is 15.6. The van der Waals surface area contributed by atoms with Crippen LogP contribution in [-0.2, 0) is 6.42 Å². The van der Waals surface area contributed by atoms with Gasteiger partial charge in [0.2, 0.25) is 0 Å². The van der Waals surface area contributed by atoms with Gasteiger partial charge in [-0.25, -0.2) is 0 Å². The monoisotopic (exact) mass is 338 g/mol. The molecule has 1 saturated carbocycles. The highest BCUT2D eigenvalue weighted by molar-refractivity contribution is 5.58. The van der Waals surface area contributed by atoms with Crippen molar-refractivity contribution in [1.82, 2.24) is 9.97 Å². The van der Waals surface area contributed by atoms with E-state index in [0.717, 1.165) is 54.0 Å². The van der Waals surface area contributed by atoms with Crippen LogP contribution in [0.15, 0.2) is 36.7 Å². The van der Waals surface area contributed by atoms with Crippen molar-refractivity contribution in [2.75, 3.05) is 6.61 Å². The predicted octanol–water partition coefficient (Wildman–Crippen LogP) is 5.69. The summed E-state index contributed by atoms with van der Waals surface area (Å²) >= 11 is 0. The third-order valence-electron chi connectivity index (χ3n) is 5.39. The second-order valence-corrected chi connectivity index (χ2v) is 7.27. The molecule has 25 heavy (non-hydrogen) atoms. The van der Waals surface area contributed by atoms with Gasteiger partial charge < -0.3 is 4.74 Å². The fourth-order valence-electron chi connectivity index (χ4n) is 3.63. The van der Waals surface area contributed by atoms with Gasteiger partial charge in [-0.15, -0.1) is 0 Å². The number of aromatic nitrogens is 2. The van der Waals surface area contributed by atoms with Gasteiger partial charge in [-0.2, -0.15) is 0 Å². The van der Waals surface area contributed by atoms with Gasteiger partial charge in [0.1, 0.15) is 5.75 Å². The first-order valence-corrected chi connectivity index (χ1v) is 9.82. The number of hydrogen-bond acceptors (Lipinski definition) is 3. The molecule has 0 unspecified atom stereocenters. The maximum Gasteiger partial charge on any atom is 0.119 e. The highest BCUT2D eigenvalue weighted by Crippen LogP contribution is 2.31. The smallest absolute Gasteiger partial charge is 0.119 e. The van der Waals surface area contributed by atoms with E-state index in [2.05, 4.69) is 48.1 Å². The molecule has 0 atom stereocenters. The summed E-state index contributed by atoms with van der Waals surface area (Å²) in [4.78, 5) is 9.01. The molecule has 3 rings (SSSR count). The summed E-state index contributed by atoms with van der Waals surface area (Å²) < 4.78 is 6.02. The Bertz CT molecular complexity index is 628. The van der Waals surface area contributed by atoms with Gasteiger partial charge in [0, 0.05) is 11.8 Å². The molecule has 1 aromatic carbocycles. The lowest BCUT2D eigenvalue weighted by Crippen LogP contribution is -2.19. The third kappa shape index (κ3) is 5.04. The molecule has 134 valence electrons. The highest BCUT2D eigenvalue weighted by Gasteiger charge is 2.20. The van der Waals surface area contributed by atoms with E-state index in [1.807, 2.05) is 12.4 Å². The molecule has 1 aromatic heterocycles. The molecule has 1 aliphatic carbocycles. The molecule has 0 N–H and O–H groups in total. The van der Waals surface area contributed by atoms with E-state index in [1.165, 1.54) is 32.1 Å². The summed E-state index contributed by atoms with van der Waals surface area (Å²) in [6.45, 7) is 5.32. The standard InChI is InChI=1S/C22H30N2O/c1-3-5-20-14-24-22(15-23-20)19-10-12-21(13-11-19)25-16-18-8-6-17(4-2)7-9-18/h10-15,17-18H,3-9,16H2,1-2H3. The Balaban J connectivity index is 1.52. The number of hydrogen-bond donors (Lipinski definition) is 0. The predicted molar refractivity (Wildman–Crippen MR) is 103 cm³/mol.